The number of unbranched alkanes of at least 4 members (excludes halogenated alkanes) is 11. The molecule has 2 nitrogen and oxygen atoms in total. The van der Waals surface area contributed by atoms with Crippen LogP contribution in [0.2, 0.25) is 0 Å². The molecule has 0 aromatic carbocycles. The molecule has 2 N–H and O–H groups in total. The van der Waals surface area contributed by atoms with Crippen molar-refractivity contribution in [1.29, 1.82) is 0 Å². The third-order valence-corrected chi connectivity index (χ3v) is 3.52. The highest BCUT2D eigenvalue weighted by Crippen LogP contribution is 2.08. The highest BCUT2D eigenvalue weighted by Gasteiger charge is 1.96. The first-order chi connectivity index (χ1) is 9.68. The van der Waals surface area contributed by atoms with Crippen molar-refractivity contribution in [3.63, 3.8) is 0 Å². The van der Waals surface area contributed by atoms with Crippen molar-refractivity contribution >= 4 is 0 Å². The predicted molar refractivity (Wildman–Crippen MR) is 89.9 cm³/mol. The van der Waals surface area contributed by atoms with Gasteiger partial charge in [-0.2, -0.15) is 0 Å². The third kappa shape index (κ3) is 26.5. The Kier molecular flexibility index (Phi) is 23.6. The summed E-state index contributed by atoms with van der Waals surface area (Å²) in [6.45, 7) is 6.72. The van der Waals surface area contributed by atoms with Gasteiger partial charge in [0, 0.05) is 0 Å². The van der Waals surface area contributed by atoms with E-state index in [1.807, 2.05) is 0 Å². The molecule has 0 rings (SSSR count). The quantitative estimate of drug-likeness (QED) is 0.332. The van der Waals surface area contributed by atoms with E-state index in [2.05, 4.69) is 20.8 Å². The minimum atomic E-state index is -1.10. The topological polar surface area (TPSA) is 40.5 Å². The zero-order chi connectivity index (χ0) is 15.5. The smallest absolute Gasteiger partial charge is 0.151 e. The molecule has 0 bridgehead atoms. The Morgan fingerprint density at radius 3 is 1.10 bits per heavy atom. The maximum absolute atomic E-state index is 8.55. The fourth-order valence-corrected chi connectivity index (χ4v) is 2.14. The number of hydrogen-bond donors (Lipinski definition) is 2. The van der Waals surface area contributed by atoms with Crippen LogP contribution in [0.4, 0.5) is 0 Å². The van der Waals surface area contributed by atoms with E-state index in [-0.39, 0.29) is 0 Å². The van der Waals surface area contributed by atoms with Crippen LogP contribution in [0.25, 0.3) is 0 Å². The van der Waals surface area contributed by atoms with Gasteiger partial charge >= 0.3 is 0 Å². The summed E-state index contributed by atoms with van der Waals surface area (Å²) in [5.41, 5.74) is 0. The summed E-state index contributed by atoms with van der Waals surface area (Å²) in [4.78, 5) is 0. The largest absolute Gasteiger partial charge is 0.368 e. The van der Waals surface area contributed by atoms with Gasteiger partial charge in [0.2, 0.25) is 0 Å². The molecule has 0 heterocycles. The SMILES string of the molecule is CCCCCCCC.CCCCCCCCCC(O)O. The minimum Gasteiger partial charge on any atom is -0.368 e. The average Bonchev–Trinajstić information content (AvgIpc) is 2.43. The van der Waals surface area contributed by atoms with Crippen LogP contribution in [0.3, 0.4) is 0 Å². The van der Waals surface area contributed by atoms with Crippen molar-refractivity contribution < 1.29 is 10.2 Å². The second-order valence-electron chi connectivity index (χ2n) is 5.80. The van der Waals surface area contributed by atoms with Gasteiger partial charge in [-0.1, -0.05) is 97.8 Å². The van der Waals surface area contributed by atoms with Gasteiger partial charge < -0.3 is 10.2 Å². The molecule has 0 amide bonds. The van der Waals surface area contributed by atoms with E-state index in [9.17, 15) is 0 Å². The first kappa shape index (κ1) is 22.2. The van der Waals surface area contributed by atoms with Crippen molar-refractivity contribution in [2.24, 2.45) is 0 Å². The zero-order valence-corrected chi connectivity index (χ0v) is 14.4. The molecular formula is C18H40O2. The van der Waals surface area contributed by atoms with Crippen LogP contribution in [0.15, 0.2) is 0 Å². The highest BCUT2D eigenvalue weighted by atomic mass is 16.5. The fraction of sp³-hybridized carbons (Fsp3) is 1.00. The predicted octanol–water partition coefficient (Wildman–Crippen LogP) is 5.80. The molecular weight excluding hydrogens is 248 g/mol. The molecule has 0 radical (unpaired) electrons. The molecule has 20 heavy (non-hydrogen) atoms. The van der Waals surface area contributed by atoms with E-state index in [0.29, 0.717) is 6.42 Å². The van der Waals surface area contributed by atoms with E-state index in [0.717, 1.165) is 12.8 Å². The lowest BCUT2D eigenvalue weighted by atomic mass is 10.1. The molecule has 124 valence electrons. The minimum absolute atomic E-state index is 0.535. The molecule has 0 aromatic rings. The lowest BCUT2D eigenvalue weighted by molar-refractivity contribution is -0.0466. The molecule has 0 aliphatic rings. The summed E-state index contributed by atoms with van der Waals surface area (Å²) in [6.07, 6.45) is 16.5. The van der Waals surface area contributed by atoms with Crippen LogP contribution in [-0.2, 0) is 0 Å². The molecule has 0 atom stereocenters. The van der Waals surface area contributed by atoms with Crippen molar-refractivity contribution in [2.75, 3.05) is 0 Å². The molecule has 0 saturated heterocycles. The number of aliphatic hydroxyl groups excluding tert-OH is 1. The van der Waals surface area contributed by atoms with E-state index >= 15 is 0 Å². The monoisotopic (exact) mass is 288 g/mol. The van der Waals surface area contributed by atoms with Gasteiger partial charge in [0.1, 0.15) is 0 Å². The molecule has 0 spiro atoms. The third-order valence-electron chi connectivity index (χ3n) is 3.52. The fourth-order valence-electron chi connectivity index (χ4n) is 2.14. The molecule has 0 aliphatic heterocycles. The Labute approximate surface area is 128 Å². The van der Waals surface area contributed by atoms with E-state index in [1.165, 1.54) is 70.6 Å². The van der Waals surface area contributed by atoms with Crippen LogP contribution in [0.5, 0.6) is 0 Å². The van der Waals surface area contributed by atoms with Crippen LogP contribution in [0, 0.1) is 0 Å². The molecule has 2 heteroatoms. The molecule has 0 aliphatic carbocycles. The van der Waals surface area contributed by atoms with E-state index in [4.69, 9.17) is 10.2 Å². The van der Waals surface area contributed by atoms with Crippen molar-refractivity contribution in [1.82, 2.24) is 0 Å². The Morgan fingerprint density at radius 1 is 0.500 bits per heavy atom. The second-order valence-corrected chi connectivity index (χ2v) is 5.80. The number of hydrogen-bond acceptors (Lipinski definition) is 2. The van der Waals surface area contributed by atoms with Gasteiger partial charge in [0.15, 0.2) is 6.29 Å². The van der Waals surface area contributed by atoms with Gasteiger partial charge in [-0.25, -0.2) is 0 Å². The standard InChI is InChI=1S/C10H22O2.C8H18/c1-2-3-4-5-6-7-8-9-10(11)12;1-3-5-7-8-6-4-2/h10-12H,2-9H2,1H3;3-8H2,1-2H3. The Hall–Kier alpha value is -0.0800. The molecule has 0 aromatic heterocycles. The van der Waals surface area contributed by atoms with Crippen LogP contribution in [0.1, 0.15) is 111 Å². The summed E-state index contributed by atoms with van der Waals surface area (Å²) in [7, 11) is 0. The summed E-state index contributed by atoms with van der Waals surface area (Å²) in [5.74, 6) is 0. The van der Waals surface area contributed by atoms with Gasteiger partial charge in [0.05, 0.1) is 0 Å². The molecule has 0 saturated carbocycles. The number of rotatable bonds is 13. The van der Waals surface area contributed by atoms with E-state index in [1.54, 1.807) is 0 Å². The van der Waals surface area contributed by atoms with Crippen molar-refractivity contribution in [3.05, 3.63) is 0 Å². The van der Waals surface area contributed by atoms with Crippen molar-refractivity contribution in [3.8, 4) is 0 Å². The van der Waals surface area contributed by atoms with Crippen LogP contribution in [-0.4, -0.2) is 16.5 Å². The first-order valence-corrected chi connectivity index (χ1v) is 9.05. The summed E-state index contributed by atoms with van der Waals surface area (Å²) < 4.78 is 0. The maximum atomic E-state index is 8.55. The van der Waals surface area contributed by atoms with E-state index < -0.39 is 6.29 Å². The Bertz CT molecular complexity index is 140. The van der Waals surface area contributed by atoms with Crippen LogP contribution >= 0.6 is 0 Å². The van der Waals surface area contributed by atoms with Crippen molar-refractivity contribution in [2.45, 2.75) is 117 Å². The Morgan fingerprint density at radius 2 is 0.800 bits per heavy atom. The average molecular weight is 289 g/mol. The summed E-state index contributed by atoms with van der Waals surface area (Å²) in [6, 6.07) is 0. The zero-order valence-electron chi connectivity index (χ0n) is 14.4. The molecule has 0 fully saturated rings. The highest BCUT2D eigenvalue weighted by molar-refractivity contribution is 4.46. The molecule has 0 unspecified atom stereocenters. The lowest BCUT2D eigenvalue weighted by Crippen LogP contribution is -2.02. The maximum Gasteiger partial charge on any atom is 0.151 e. The summed E-state index contributed by atoms with van der Waals surface area (Å²) >= 11 is 0. The van der Waals surface area contributed by atoms with Gasteiger partial charge in [0.25, 0.3) is 0 Å². The second kappa shape index (κ2) is 21.2. The normalized spacial score (nSPS) is 10.5. The van der Waals surface area contributed by atoms with Gasteiger partial charge in [-0.05, 0) is 12.8 Å². The van der Waals surface area contributed by atoms with Gasteiger partial charge in [-0.3, -0.25) is 0 Å². The lowest BCUT2D eigenvalue weighted by Gasteiger charge is -2.02. The van der Waals surface area contributed by atoms with Gasteiger partial charge in [-0.15, -0.1) is 0 Å². The Balaban J connectivity index is 0. The number of aliphatic hydroxyl groups is 2. The first-order valence-electron chi connectivity index (χ1n) is 9.05. The summed E-state index contributed by atoms with van der Waals surface area (Å²) in [5, 5.41) is 17.1. The van der Waals surface area contributed by atoms with Crippen LogP contribution < -0.4 is 0 Å².